The predicted octanol–water partition coefficient (Wildman–Crippen LogP) is 3.34. The summed E-state index contributed by atoms with van der Waals surface area (Å²) in [5, 5.41) is 23.6. The summed E-state index contributed by atoms with van der Waals surface area (Å²) in [5.41, 5.74) is 4.85. The molecule has 0 amide bonds. The lowest BCUT2D eigenvalue weighted by molar-refractivity contribution is -0.516. The molecule has 2 aromatic heterocycles. The lowest BCUT2D eigenvalue weighted by Gasteiger charge is -2.10. The maximum absolute atomic E-state index is 9.67. The van der Waals surface area contributed by atoms with E-state index in [0.717, 1.165) is 49.8 Å². The number of hydrogen-bond acceptors (Lipinski definition) is 3. The number of hydrogen-bond donors (Lipinski definition) is 2. The van der Waals surface area contributed by atoms with Crippen molar-refractivity contribution >= 4 is 27.1 Å². The molecule has 2 N–H and O–H groups in total. The van der Waals surface area contributed by atoms with Gasteiger partial charge in [-0.25, -0.2) is 0 Å². The van der Waals surface area contributed by atoms with Gasteiger partial charge in [0.1, 0.15) is 5.75 Å². The van der Waals surface area contributed by atoms with E-state index in [4.69, 9.17) is 4.74 Å². The second-order valence-corrected chi connectivity index (χ2v) is 6.73. The first-order valence-electron chi connectivity index (χ1n) is 8.67. The zero-order valence-corrected chi connectivity index (χ0v) is 15.2. The quantitative estimate of drug-likeness (QED) is 0.339. The maximum atomic E-state index is 9.67. The van der Waals surface area contributed by atoms with Crippen molar-refractivity contribution in [2.75, 3.05) is 7.11 Å². The van der Waals surface area contributed by atoms with Crippen molar-refractivity contribution in [3.05, 3.63) is 65.0 Å². The average molecular weight is 348 g/mol. The van der Waals surface area contributed by atoms with Gasteiger partial charge in [0.15, 0.2) is 11.9 Å². The fraction of sp³-hybridized carbons (Fsp3) is 0.227. The number of pyridine rings is 2. The number of aromatic nitrogens is 1. The summed E-state index contributed by atoms with van der Waals surface area (Å²) in [5.74, 6) is 0.875. The summed E-state index contributed by atoms with van der Waals surface area (Å²) in [6.07, 6.45) is 2.06. The number of aliphatic hydroxyl groups is 2. The first-order valence-corrected chi connectivity index (χ1v) is 8.67. The topological polar surface area (TPSA) is 53.8 Å². The Balaban J connectivity index is 2.15. The van der Waals surface area contributed by atoms with E-state index in [9.17, 15) is 10.2 Å². The third-order valence-electron chi connectivity index (χ3n) is 5.26. The van der Waals surface area contributed by atoms with Crippen LogP contribution in [-0.4, -0.2) is 17.3 Å². The molecule has 0 bridgehead atoms. The smallest absolute Gasteiger partial charge is 0.219 e. The van der Waals surface area contributed by atoms with Gasteiger partial charge in [-0.15, -0.1) is 0 Å². The first-order chi connectivity index (χ1) is 12.6. The number of aryl methyl sites for hydroxylation is 2. The molecule has 2 aromatic carbocycles. The molecule has 4 rings (SSSR count). The Labute approximate surface area is 151 Å². The van der Waals surface area contributed by atoms with E-state index < -0.39 is 0 Å². The largest absolute Gasteiger partial charge is 0.496 e. The number of ether oxygens (including phenoxy) is 1. The number of nitrogens with zero attached hydrogens (tertiary/aromatic N) is 1. The molecular weight excluding hydrogens is 326 g/mol. The molecule has 0 spiro atoms. The van der Waals surface area contributed by atoms with Gasteiger partial charge in [0.25, 0.3) is 0 Å². The normalized spacial score (nSPS) is 11.6. The molecule has 2 heterocycles. The Hall–Kier alpha value is -2.69. The van der Waals surface area contributed by atoms with Gasteiger partial charge >= 0.3 is 0 Å². The molecule has 0 saturated heterocycles. The molecular formula is C22H22NO3+. The second-order valence-electron chi connectivity index (χ2n) is 6.73. The Kier molecular flexibility index (Phi) is 4.02. The minimum Gasteiger partial charge on any atom is -0.496 e. The number of methoxy groups -OCH3 is 1. The van der Waals surface area contributed by atoms with E-state index in [1.54, 1.807) is 7.11 Å². The van der Waals surface area contributed by atoms with Crippen molar-refractivity contribution in [1.82, 2.24) is 0 Å². The molecule has 0 saturated carbocycles. The molecule has 0 unspecified atom stereocenters. The minimum atomic E-state index is -0.0908. The fourth-order valence-corrected chi connectivity index (χ4v) is 3.80. The van der Waals surface area contributed by atoms with Crippen LogP contribution < -0.4 is 9.14 Å². The van der Waals surface area contributed by atoms with Crippen molar-refractivity contribution in [3.63, 3.8) is 0 Å². The SMILES string of the molecule is COc1cc2cc3c4cc(CO)c(CO)cc4cc[n+]3c(C)c2cc1C. The van der Waals surface area contributed by atoms with Gasteiger partial charge in [-0.1, -0.05) is 0 Å². The Morgan fingerprint density at radius 2 is 1.62 bits per heavy atom. The number of fused-ring (bicyclic) bond motifs is 4. The van der Waals surface area contributed by atoms with Crippen LogP contribution in [0.25, 0.3) is 27.1 Å². The zero-order valence-electron chi connectivity index (χ0n) is 15.2. The van der Waals surface area contributed by atoms with Gasteiger partial charge in [0.2, 0.25) is 5.52 Å². The second kappa shape index (κ2) is 6.24. The summed E-state index contributed by atoms with van der Waals surface area (Å²) < 4.78 is 7.67. The van der Waals surface area contributed by atoms with Crippen LogP contribution >= 0.6 is 0 Å². The molecule has 0 radical (unpaired) electrons. The van der Waals surface area contributed by atoms with Crippen molar-refractivity contribution in [2.45, 2.75) is 27.1 Å². The predicted molar refractivity (Wildman–Crippen MR) is 102 cm³/mol. The summed E-state index contributed by atoms with van der Waals surface area (Å²) >= 11 is 0. The molecule has 4 nitrogen and oxygen atoms in total. The van der Waals surface area contributed by atoms with E-state index >= 15 is 0 Å². The van der Waals surface area contributed by atoms with Crippen LogP contribution in [-0.2, 0) is 13.2 Å². The third-order valence-corrected chi connectivity index (χ3v) is 5.26. The molecule has 0 aliphatic rings. The monoisotopic (exact) mass is 348 g/mol. The van der Waals surface area contributed by atoms with Crippen molar-refractivity contribution < 1.29 is 19.4 Å². The van der Waals surface area contributed by atoms with E-state index in [-0.39, 0.29) is 13.2 Å². The van der Waals surface area contributed by atoms with Crippen molar-refractivity contribution in [2.24, 2.45) is 0 Å². The van der Waals surface area contributed by atoms with Gasteiger partial charge in [0, 0.05) is 24.4 Å². The zero-order chi connectivity index (χ0) is 18.4. The van der Waals surface area contributed by atoms with Gasteiger partial charge < -0.3 is 14.9 Å². The number of rotatable bonds is 3. The number of benzene rings is 2. The molecule has 26 heavy (non-hydrogen) atoms. The Bertz CT molecular complexity index is 1170. The van der Waals surface area contributed by atoms with E-state index in [1.165, 1.54) is 5.39 Å². The fourth-order valence-electron chi connectivity index (χ4n) is 3.80. The van der Waals surface area contributed by atoms with Crippen LogP contribution in [0.4, 0.5) is 0 Å². The molecule has 0 fully saturated rings. The maximum Gasteiger partial charge on any atom is 0.219 e. The van der Waals surface area contributed by atoms with Gasteiger partial charge in [-0.05, 0) is 58.7 Å². The van der Waals surface area contributed by atoms with Crippen molar-refractivity contribution in [3.8, 4) is 5.75 Å². The molecule has 0 atom stereocenters. The Morgan fingerprint density at radius 3 is 2.31 bits per heavy atom. The lowest BCUT2D eigenvalue weighted by Crippen LogP contribution is -2.25. The highest BCUT2D eigenvalue weighted by atomic mass is 16.5. The van der Waals surface area contributed by atoms with E-state index in [0.29, 0.717) is 0 Å². The summed E-state index contributed by atoms with van der Waals surface area (Å²) in [7, 11) is 1.69. The first kappa shape index (κ1) is 16.8. The lowest BCUT2D eigenvalue weighted by atomic mass is 9.99. The number of aliphatic hydroxyl groups excluding tert-OH is 2. The van der Waals surface area contributed by atoms with Gasteiger partial charge in [0.05, 0.1) is 25.7 Å². The highest BCUT2D eigenvalue weighted by Crippen LogP contribution is 2.30. The molecule has 0 aliphatic heterocycles. The molecule has 0 aliphatic carbocycles. The minimum absolute atomic E-state index is 0.0791. The van der Waals surface area contributed by atoms with Gasteiger partial charge in [-0.3, -0.25) is 0 Å². The van der Waals surface area contributed by atoms with Crippen LogP contribution in [0.2, 0.25) is 0 Å². The van der Waals surface area contributed by atoms with Crippen molar-refractivity contribution in [1.29, 1.82) is 0 Å². The standard InChI is InChI=1S/C22H22NO3/c1-13-6-19-14(2)23-5-4-15-7-17(11-24)18(12-25)8-20(15)21(23)9-16(19)10-22(13)26-3/h4-10,24-25H,11-12H2,1-3H3/q+1. The average Bonchev–Trinajstić information content (AvgIpc) is 2.67. The summed E-state index contributed by atoms with van der Waals surface area (Å²) in [6.45, 7) is 4.00. The highest BCUT2D eigenvalue weighted by Gasteiger charge is 2.17. The third kappa shape index (κ3) is 2.42. The summed E-state index contributed by atoms with van der Waals surface area (Å²) in [6, 6.07) is 12.4. The van der Waals surface area contributed by atoms with Crippen LogP contribution in [0.1, 0.15) is 22.4 Å². The molecule has 132 valence electrons. The Morgan fingerprint density at radius 1 is 0.885 bits per heavy atom. The van der Waals surface area contributed by atoms with Crippen LogP contribution in [0.3, 0.4) is 0 Å². The molecule has 4 heteroatoms. The van der Waals surface area contributed by atoms with Gasteiger partial charge in [-0.2, -0.15) is 4.40 Å². The van der Waals surface area contributed by atoms with E-state index in [2.05, 4.69) is 48.7 Å². The summed E-state index contributed by atoms with van der Waals surface area (Å²) in [4.78, 5) is 0. The van der Waals surface area contributed by atoms with Crippen LogP contribution in [0.15, 0.2) is 42.6 Å². The highest BCUT2D eigenvalue weighted by molar-refractivity contribution is 5.99. The van der Waals surface area contributed by atoms with Crippen LogP contribution in [0.5, 0.6) is 5.75 Å². The van der Waals surface area contributed by atoms with Crippen LogP contribution in [0, 0.1) is 13.8 Å². The molecule has 4 aromatic rings. The van der Waals surface area contributed by atoms with E-state index in [1.807, 2.05) is 12.1 Å².